The van der Waals surface area contributed by atoms with Crippen LogP contribution in [-0.4, -0.2) is 32.3 Å². The summed E-state index contributed by atoms with van der Waals surface area (Å²) in [6.07, 6.45) is -1.48. The Morgan fingerprint density at radius 2 is 1.70 bits per heavy atom. The van der Waals surface area contributed by atoms with E-state index in [1.54, 1.807) is 81.4 Å². The number of nitrogens with zero attached hydrogens (tertiary/aromatic N) is 1. The molecule has 1 atom stereocenters. The number of fused-ring (bicyclic) bond motifs is 1. The SMILES string of the molecule is Cc1ccc(NC(=O)Cc2ccc3c(-c4ccc(Cl)cc4)c(C(OC(C)(C)C)C(=O)O)n(C)c(=O)c3c2)c(O)c1. The van der Waals surface area contributed by atoms with E-state index < -0.39 is 23.2 Å². The summed E-state index contributed by atoms with van der Waals surface area (Å²) in [5.74, 6) is -1.63. The van der Waals surface area contributed by atoms with Crippen molar-refractivity contribution < 1.29 is 24.5 Å². The van der Waals surface area contributed by atoms with E-state index in [4.69, 9.17) is 16.3 Å². The summed E-state index contributed by atoms with van der Waals surface area (Å²) in [6, 6.07) is 16.9. The third-order valence-corrected chi connectivity index (χ3v) is 6.63. The number of pyridine rings is 1. The molecule has 9 heteroatoms. The molecule has 0 aliphatic rings. The average molecular weight is 563 g/mol. The van der Waals surface area contributed by atoms with E-state index in [9.17, 15) is 24.6 Å². The van der Waals surface area contributed by atoms with Crippen molar-refractivity contribution in [2.75, 3.05) is 5.32 Å². The number of carbonyl (C=O) groups excluding carboxylic acids is 1. The Hall–Kier alpha value is -4.14. The lowest BCUT2D eigenvalue weighted by atomic mass is 9.93. The van der Waals surface area contributed by atoms with Gasteiger partial charge in [-0.15, -0.1) is 0 Å². The van der Waals surface area contributed by atoms with E-state index in [1.165, 1.54) is 11.6 Å². The van der Waals surface area contributed by atoms with Crippen LogP contribution in [0.4, 0.5) is 5.69 Å². The van der Waals surface area contributed by atoms with Crippen LogP contribution in [0.5, 0.6) is 5.75 Å². The minimum Gasteiger partial charge on any atom is -0.506 e. The number of hydrogen-bond acceptors (Lipinski definition) is 5. The maximum Gasteiger partial charge on any atom is 0.339 e. The molecule has 4 rings (SSSR count). The number of halogens is 1. The normalized spacial score (nSPS) is 12.3. The lowest BCUT2D eigenvalue weighted by Gasteiger charge is -2.28. The molecule has 1 amide bonds. The molecule has 1 unspecified atom stereocenters. The largest absolute Gasteiger partial charge is 0.506 e. The van der Waals surface area contributed by atoms with Gasteiger partial charge in [0, 0.05) is 23.0 Å². The second-order valence-corrected chi connectivity index (χ2v) is 11.1. The van der Waals surface area contributed by atoms with Crippen LogP contribution in [0, 0.1) is 6.92 Å². The second-order valence-electron chi connectivity index (χ2n) is 10.7. The number of aliphatic carboxylic acids is 1. The van der Waals surface area contributed by atoms with Crippen molar-refractivity contribution in [1.82, 2.24) is 4.57 Å². The zero-order chi connectivity index (χ0) is 29.4. The van der Waals surface area contributed by atoms with Gasteiger partial charge in [-0.25, -0.2) is 4.79 Å². The summed E-state index contributed by atoms with van der Waals surface area (Å²) in [5.41, 5.74) is 1.86. The lowest BCUT2D eigenvalue weighted by molar-refractivity contribution is -0.161. The van der Waals surface area contributed by atoms with E-state index in [0.29, 0.717) is 38.2 Å². The number of carboxylic acid groups (broad SMARTS) is 1. The van der Waals surface area contributed by atoms with Crippen LogP contribution in [0.2, 0.25) is 5.02 Å². The number of carbonyl (C=O) groups is 2. The van der Waals surface area contributed by atoms with Gasteiger partial charge in [-0.3, -0.25) is 9.59 Å². The van der Waals surface area contributed by atoms with Gasteiger partial charge in [0.05, 0.1) is 23.4 Å². The molecule has 1 aromatic heterocycles. The molecule has 0 radical (unpaired) electrons. The Morgan fingerprint density at radius 3 is 2.30 bits per heavy atom. The number of rotatable bonds is 7. The molecule has 8 nitrogen and oxygen atoms in total. The number of aryl methyl sites for hydroxylation is 1. The first-order valence-electron chi connectivity index (χ1n) is 12.7. The molecule has 0 aliphatic heterocycles. The van der Waals surface area contributed by atoms with Crippen LogP contribution in [0.25, 0.3) is 21.9 Å². The van der Waals surface area contributed by atoms with E-state index in [1.807, 2.05) is 6.92 Å². The van der Waals surface area contributed by atoms with Gasteiger partial charge in [0.2, 0.25) is 5.91 Å². The maximum absolute atomic E-state index is 13.6. The highest BCUT2D eigenvalue weighted by Crippen LogP contribution is 2.37. The summed E-state index contributed by atoms with van der Waals surface area (Å²) < 4.78 is 7.24. The number of ether oxygens (including phenoxy) is 1. The topological polar surface area (TPSA) is 118 Å². The Bertz CT molecular complexity index is 1670. The van der Waals surface area contributed by atoms with E-state index in [2.05, 4.69) is 5.32 Å². The fourth-order valence-corrected chi connectivity index (χ4v) is 4.75. The Balaban J connectivity index is 1.86. The fourth-order valence-electron chi connectivity index (χ4n) is 4.62. The highest BCUT2D eigenvalue weighted by Gasteiger charge is 2.33. The maximum atomic E-state index is 13.6. The Kier molecular flexibility index (Phi) is 8.05. The number of nitrogens with one attached hydrogen (secondary N) is 1. The molecule has 0 aliphatic carbocycles. The van der Waals surface area contributed by atoms with Gasteiger partial charge in [0.1, 0.15) is 5.75 Å². The molecule has 1 heterocycles. The zero-order valence-corrected chi connectivity index (χ0v) is 23.7. The molecular weight excluding hydrogens is 532 g/mol. The van der Waals surface area contributed by atoms with Crippen LogP contribution in [0.1, 0.15) is 43.7 Å². The predicted molar refractivity (Wildman–Crippen MR) is 156 cm³/mol. The molecule has 3 N–H and O–H groups in total. The van der Waals surface area contributed by atoms with Crippen molar-refractivity contribution in [1.29, 1.82) is 0 Å². The summed E-state index contributed by atoms with van der Waals surface area (Å²) in [4.78, 5) is 38.9. The summed E-state index contributed by atoms with van der Waals surface area (Å²) in [6.45, 7) is 7.08. The third kappa shape index (κ3) is 6.19. The highest BCUT2D eigenvalue weighted by molar-refractivity contribution is 6.30. The molecular formula is C31H31ClN2O6. The minimum atomic E-state index is -1.43. The van der Waals surface area contributed by atoms with Gasteiger partial charge in [0.25, 0.3) is 5.56 Å². The highest BCUT2D eigenvalue weighted by atomic mass is 35.5. The number of carboxylic acids is 1. The zero-order valence-electron chi connectivity index (χ0n) is 22.9. The van der Waals surface area contributed by atoms with Gasteiger partial charge in [-0.1, -0.05) is 41.9 Å². The smallest absolute Gasteiger partial charge is 0.339 e. The molecule has 40 heavy (non-hydrogen) atoms. The van der Waals surface area contributed by atoms with Crippen molar-refractivity contribution in [3.63, 3.8) is 0 Å². The van der Waals surface area contributed by atoms with E-state index >= 15 is 0 Å². The summed E-state index contributed by atoms with van der Waals surface area (Å²) >= 11 is 6.13. The van der Waals surface area contributed by atoms with Crippen molar-refractivity contribution in [2.45, 2.75) is 45.8 Å². The molecule has 4 aromatic rings. The number of hydrogen-bond donors (Lipinski definition) is 3. The number of amides is 1. The molecule has 0 spiro atoms. The first-order valence-corrected chi connectivity index (χ1v) is 13.0. The number of phenols is 1. The number of anilines is 1. The van der Waals surface area contributed by atoms with Gasteiger partial charge < -0.3 is 24.8 Å². The average Bonchev–Trinajstić information content (AvgIpc) is 2.87. The molecule has 0 bridgehead atoms. The van der Waals surface area contributed by atoms with Gasteiger partial charge >= 0.3 is 5.97 Å². The molecule has 0 saturated heterocycles. The Labute approximate surface area is 236 Å². The van der Waals surface area contributed by atoms with Crippen LogP contribution in [0.3, 0.4) is 0 Å². The quantitative estimate of drug-likeness (QED) is 0.238. The van der Waals surface area contributed by atoms with Crippen molar-refractivity contribution in [3.05, 3.63) is 92.9 Å². The number of aromatic hydroxyl groups is 1. The third-order valence-electron chi connectivity index (χ3n) is 6.37. The Morgan fingerprint density at radius 1 is 1.02 bits per heavy atom. The second kappa shape index (κ2) is 11.2. The molecule has 0 fully saturated rings. The first kappa shape index (κ1) is 28.9. The number of phenolic OH excluding ortho intramolecular Hbond substituents is 1. The van der Waals surface area contributed by atoms with Crippen LogP contribution >= 0.6 is 11.6 Å². The summed E-state index contributed by atoms with van der Waals surface area (Å²) in [5, 5.41) is 24.3. The van der Waals surface area contributed by atoms with Gasteiger partial charge in [-0.2, -0.15) is 0 Å². The van der Waals surface area contributed by atoms with E-state index in [-0.39, 0.29) is 23.8 Å². The minimum absolute atomic E-state index is 0.0358. The predicted octanol–water partition coefficient (Wildman–Crippen LogP) is 5.99. The standard InChI is InChI=1S/C31H31ClN2O6/c1-17-6-13-23(24(35)14-17)33-25(36)16-18-7-12-21-22(15-18)29(37)34(5)27(28(30(38)39)40-31(2,3)4)26(21)19-8-10-20(32)11-9-19/h6-15,28,35H,16H2,1-5H3,(H,33,36)(H,38,39). The van der Waals surface area contributed by atoms with E-state index in [0.717, 1.165) is 5.56 Å². The van der Waals surface area contributed by atoms with Gasteiger partial charge in [0.15, 0.2) is 6.10 Å². The number of benzene rings is 3. The van der Waals surface area contributed by atoms with Gasteiger partial charge in [-0.05, 0) is 80.1 Å². The van der Waals surface area contributed by atoms with Crippen LogP contribution < -0.4 is 10.9 Å². The van der Waals surface area contributed by atoms with Crippen molar-refractivity contribution >= 4 is 39.9 Å². The molecule has 0 saturated carbocycles. The van der Waals surface area contributed by atoms with Crippen LogP contribution in [0.15, 0.2) is 65.5 Å². The van der Waals surface area contributed by atoms with Crippen LogP contribution in [-0.2, 0) is 27.8 Å². The van der Waals surface area contributed by atoms with Crippen molar-refractivity contribution in [2.24, 2.45) is 7.05 Å². The summed E-state index contributed by atoms with van der Waals surface area (Å²) in [7, 11) is 1.51. The lowest BCUT2D eigenvalue weighted by Crippen LogP contribution is -2.33. The fraction of sp³-hybridized carbons (Fsp3) is 0.258. The number of aromatic nitrogens is 1. The molecule has 3 aromatic carbocycles. The van der Waals surface area contributed by atoms with Crippen molar-refractivity contribution in [3.8, 4) is 16.9 Å². The monoisotopic (exact) mass is 562 g/mol. The molecule has 208 valence electrons. The first-order chi connectivity index (χ1) is 18.7.